The summed E-state index contributed by atoms with van der Waals surface area (Å²) in [5.41, 5.74) is 3.54. The second kappa shape index (κ2) is 12.6. The molecule has 0 aliphatic heterocycles. The van der Waals surface area contributed by atoms with Crippen LogP contribution in [0.3, 0.4) is 0 Å². The van der Waals surface area contributed by atoms with Gasteiger partial charge in [-0.15, -0.1) is 5.10 Å². The highest BCUT2D eigenvalue weighted by Crippen LogP contribution is 2.32. The smallest absolute Gasteiger partial charge is 0.281 e. The molecule has 0 spiro atoms. The number of hydrogen-bond donors (Lipinski definition) is 1. The number of nitrogens with one attached hydrogen (secondary N) is 1. The summed E-state index contributed by atoms with van der Waals surface area (Å²) >= 11 is 0. The van der Waals surface area contributed by atoms with Crippen LogP contribution in [0.15, 0.2) is 82.6 Å². The van der Waals surface area contributed by atoms with Crippen molar-refractivity contribution in [2.45, 2.75) is 13.0 Å². The van der Waals surface area contributed by atoms with Crippen LogP contribution in [-0.2, 0) is 11.3 Å². The fraction of sp³-hybridized carbons (Fsp3) is 0.222. The first-order chi connectivity index (χ1) is 18.2. The Morgan fingerprint density at radius 3 is 2.89 bits per heavy atom. The number of aliphatic imine (C=N–C) groups is 1. The molecule has 4 rings (SSSR count). The molecule has 2 heterocycles. The minimum absolute atomic E-state index is 0.142. The van der Waals surface area contributed by atoms with Gasteiger partial charge in [0.05, 0.1) is 12.3 Å². The lowest BCUT2D eigenvalue weighted by Gasteiger charge is -2.09. The van der Waals surface area contributed by atoms with Gasteiger partial charge in [0.1, 0.15) is 11.5 Å². The molecule has 0 amide bonds. The van der Waals surface area contributed by atoms with E-state index in [1.165, 1.54) is 4.68 Å². The van der Waals surface area contributed by atoms with Crippen LogP contribution in [0.5, 0.6) is 0 Å². The van der Waals surface area contributed by atoms with E-state index in [2.05, 4.69) is 37.3 Å². The summed E-state index contributed by atoms with van der Waals surface area (Å²) in [6.45, 7) is 6.05. The molecule has 1 aromatic carbocycles. The molecule has 3 aromatic rings. The molecule has 0 fully saturated rings. The van der Waals surface area contributed by atoms with Crippen molar-refractivity contribution in [2.75, 3.05) is 27.3 Å². The Balaban J connectivity index is 1.69. The Labute approximate surface area is 214 Å². The molecule has 2 aromatic heterocycles. The highest BCUT2D eigenvalue weighted by atomic mass is 19.1. The largest absolute Gasteiger partial charge is 0.383 e. The van der Waals surface area contributed by atoms with Crippen molar-refractivity contribution in [1.82, 2.24) is 30.5 Å². The Kier molecular flexibility index (Phi) is 8.79. The van der Waals surface area contributed by atoms with Gasteiger partial charge in [0.2, 0.25) is 5.82 Å². The average Bonchev–Trinajstić information content (AvgIpc) is 3.52. The number of nitrogens with zero attached hydrogens (tertiary/aromatic N) is 6. The predicted molar refractivity (Wildman–Crippen MR) is 142 cm³/mol. The minimum Gasteiger partial charge on any atom is -0.383 e. The zero-order valence-electron chi connectivity index (χ0n) is 20.8. The lowest BCUT2D eigenvalue weighted by atomic mass is 10.1. The number of rotatable bonds is 11. The first kappa shape index (κ1) is 25.8. The van der Waals surface area contributed by atoms with Crippen molar-refractivity contribution in [3.05, 3.63) is 84.4 Å². The van der Waals surface area contributed by atoms with Gasteiger partial charge in [-0.2, -0.15) is 4.98 Å². The fourth-order valence-corrected chi connectivity index (χ4v) is 3.64. The van der Waals surface area contributed by atoms with Crippen LogP contribution in [0, 0.1) is 0 Å². The zero-order chi connectivity index (χ0) is 26.0. The predicted octanol–water partition coefficient (Wildman–Crippen LogP) is 4.66. The third kappa shape index (κ3) is 6.11. The van der Waals surface area contributed by atoms with E-state index in [1.807, 2.05) is 24.3 Å². The van der Waals surface area contributed by atoms with Crippen LogP contribution < -0.4 is 5.32 Å². The van der Waals surface area contributed by atoms with Crippen LogP contribution in [0.25, 0.3) is 34.2 Å². The average molecular weight is 502 g/mol. The number of methoxy groups -OCH3 is 1. The zero-order valence-corrected chi connectivity index (χ0v) is 20.8. The summed E-state index contributed by atoms with van der Waals surface area (Å²) in [6, 6.07) is 7.85. The number of halogens is 1. The Hall–Kier alpha value is -4.28. The van der Waals surface area contributed by atoms with Gasteiger partial charge < -0.3 is 14.6 Å². The molecule has 1 aliphatic carbocycles. The molecule has 0 saturated carbocycles. The standard InChI is InChI=1S/C27H28FN7O2/c1-4-20(14-15-29-2)25-24(32-34-35(25)23-9-7-5-6-8-22(23)28)27-31-26(33-37-27)21-12-10-19(11-13-21)18-30-16-17-36-3/h4-7,9-15,30H,1,8,16-18H2,2-3H3/b20-14+,29-15-. The van der Waals surface area contributed by atoms with Gasteiger partial charge in [-0.3, -0.25) is 4.99 Å². The number of benzene rings is 1. The quantitative estimate of drug-likeness (QED) is 0.232. The number of hydrogen-bond acceptors (Lipinski definition) is 8. The van der Waals surface area contributed by atoms with Crippen LogP contribution in [0.1, 0.15) is 17.7 Å². The molecule has 0 bridgehead atoms. The van der Waals surface area contributed by atoms with E-state index < -0.39 is 0 Å². The van der Waals surface area contributed by atoms with Crippen LogP contribution in [-0.4, -0.2) is 58.7 Å². The molecule has 0 radical (unpaired) electrons. The van der Waals surface area contributed by atoms with Crippen molar-refractivity contribution in [1.29, 1.82) is 0 Å². The summed E-state index contributed by atoms with van der Waals surface area (Å²) in [4.78, 5) is 8.57. The Morgan fingerprint density at radius 2 is 2.14 bits per heavy atom. The van der Waals surface area contributed by atoms with Gasteiger partial charge in [-0.1, -0.05) is 65.5 Å². The van der Waals surface area contributed by atoms with Gasteiger partial charge >= 0.3 is 0 Å². The number of aromatic nitrogens is 5. The SMILES string of the molecule is C=C/C(=C\C=N/C)c1c(-c2nc(-c3ccc(CNCCOC)cc3)no2)nnn1C1=C(F)CC=CC=C1. The fourth-order valence-electron chi connectivity index (χ4n) is 3.64. The van der Waals surface area contributed by atoms with E-state index in [9.17, 15) is 4.39 Å². The van der Waals surface area contributed by atoms with Gasteiger partial charge in [0.25, 0.3) is 5.89 Å². The highest BCUT2D eigenvalue weighted by Gasteiger charge is 2.25. The van der Waals surface area contributed by atoms with E-state index >= 15 is 0 Å². The van der Waals surface area contributed by atoms with Crippen molar-refractivity contribution in [3.8, 4) is 23.0 Å². The lowest BCUT2D eigenvalue weighted by molar-refractivity contribution is 0.199. The van der Waals surface area contributed by atoms with Crippen LogP contribution in [0.2, 0.25) is 0 Å². The number of allylic oxidation sites excluding steroid dienone is 9. The molecular formula is C27H28FN7O2. The summed E-state index contributed by atoms with van der Waals surface area (Å²) < 4.78 is 27.0. The topological polar surface area (TPSA) is 103 Å². The van der Waals surface area contributed by atoms with Crippen molar-refractivity contribution < 1.29 is 13.7 Å². The second-order valence-electron chi connectivity index (χ2n) is 8.00. The molecule has 1 N–H and O–H groups in total. The summed E-state index contributed by atoms with van der Waals surface area (Å²) in [7, 11) is 3.33. The summed E-state index contributed by atoms with van der Waals surface area (Å²) in [5, 5.41) is 16.0. The van der Waals surface area contributed by atoms with Gasteiger partial charge in [0.15, 0.2) is 5.69 Å². The first-order valence-corrected chi connectivity index (χ1v) is 11.7. The second-order valence-corrected chi connectivity index (χ2v) is 8.00. The summed E-state index contributed by atoms with van der Waals surface area (Å²) in [6.07, 6.45) is 12.0. The highest BCUT2D eigenvalue weighted by molar-refractivity contribution is 5.91. The maximum atomic E-state index is 14.9. The van der Waals surface area contributed by atoms with Crippen molar-refractivity contribution in [2.24, 2.45) is 4.99 Å². The lowest BCUT2D eigenvalue weighted by Crippen LogP contribution is -2.18. The normalized spacial score (nSPS) is 14.1. The molecule has 0 unspecified atom stereocenters. The van der Waals surface area contributed by atoms with Crippen LogP contribution in [0.4, 0.5) is 4.39 Å². The summed E-state index contributed by atoms with van der Waals surface area (Å²) in [5.74, 6) is 0.204. The maximum absolute atomic E-state index is 14.9. The third-order valence-corrected chi connectivity index (χ3v) is 5.52. The van der Waals surface area contributed by atoms with E-state index in [1.54, 1.807) is 56.8 Å². The molecule has 0 atom stereocenters. The molecule has 37 heavy (non-hydrogen) atoms. The van der Waals surface area contributed by atoms with E-state index in [0.717, 1.165) is 24.2 Å². The van der Waals surface area contributed by atoms with Gasteiger partial charge in [-0.25, -0.2) is 9.07 Å². The van der Waals surface area contributed by atoms with E-state index in [-0.39, 0.29) is 23.8 Å². The Bertz CT molecular complexity index is 1380. The van der Waals surface area contributed by atoms with Crippen molar-refractivity contribution >= 4 is 17.5 Å². The van der Waals surface area contributed by atoms with Gasteiger partial charge in [-0.05, 0) is 17.7 Å². The minimum atomic E-state index is -0.349. The third-order valence-electron chi connectivity index (χ3n) is 5.52. The van der Waals surface area contributed by atoms with Gasteiger partial charge in [0, 0.05) is 51.0 Å². The van der Waals surface area contributed by atoms with Crippen molar-refractivity contribution in [3.63, 3.8) is 0 Å². The molecule has 0 saturated heterocycles. The molecule has 9 nitrogen and oxygen atoms in total. The molecular weight excluding hydrogens is 473 g/mol. The van der Waals surface area contributed by atoms with E-state index in [0.29, 0.717) is 29.4 Å². The Morgan fingerprint density at radius 1 is 1.30 bits per heavy atom. The number of ether oxygens (including phenoxy) is 1. The molecule has 190 valence electrons. The first-order valence-electron chi connectivity index (χ1n) is 11.7. The molecule has 10 heteroatoms. The maximum Gasteiger partial charge on any atom is 0.281 e. The molecule has 1 aliphatic rings. The van der Waals surface area contributed by atoms with Crippen LogP contribution >= 0.6 is 0 Å². The monoisotopic (exact) mass is 501 g/mol. The van der Waals surface area contributed by atoms with E-state index in [4.69, 9.17) is 9.26 Å².